The predicted octanol–water partition coefficient (Wildman–Crippen LogP) is 2.71. The van der Waals surface area contributed by atoms with Gasteiger partial charge in [-0.2, -0.15) is 13.2 Å². The van der Waals surface area contributed by atoms with Crippen molar-refractivity contribution in [1.29, 1.82) is 0 Å². The highest BCUT2D eigenvalue weighted by atomic mass is 19.4. The quantitative estimate of drug-likeness (QED) is 0.618. The van der Waals surface area contributed by atoms with Crippen molar-refractivity contribution >= 4 is 23.1 Å². The molecule has 2 amide bonds. The van der Waals surface area contributed by atoms with Crippen LogP contribution in [0.2, 0.25) is 0 Å². The lowest BCUT2D eigenvalue weighted by atomic mass is 10.1. The summed E-state index contributed by atoms with van der Waals surface area (Å²) in [6, 6.07) is 3.69. The van der Waals surface area contributed by atoms with Gasteiger partial charge in [-0.05, 0) is 36.6 Å². The van der Waals surface area contributed by atoms with E-state index in [1.807, 2.05) is 0 Å². The minimum atomic E-state index is -4.72. The molecule has 1 aliphatic heterocycles. The third-order valence-electron chi connectivity index (χ3n) is 4.56. The van der Waals surface area contributed by atoms with Gasteiger partial charge in [0.25, 0.3) is 5.91 Å². The molecule has 30 heavy (non-hydrogen) atoms. The summed E-state index contributed by atoms with van der Waals surface area (Å²) in [5, 5.41) is 8.21. The first-order chi connectivity index (χ1) is 14.1. The van der Waals surface area contributed by atoms with Gasteiger partial charge in [-0.1, -0.05) is 6.07 Å². The van der Waals surface area contributed by atoms with Crippen LogP contribution >= 0.6 is 0 Å². The number of halogens is 5. The lowest BCUT2D eigenvalue weighted by molar-refractivity contribution is -0.142. The molecule has 3 aromatic rings. The van der Waals surface area contributed by atoms with Gasteiger partial charge in [0, 0.05) is 6.07 Å². The van der Waals surface area contributed by atoms with Gasteiger partial charge in [0.05, 0.1) is 5.69 Å². The minimum absolute atomic E-state index is 0.00857. The van der Waals surface area contributed by atoms with Gasteiger partial charge in [0.2, 0.25) is 11.7 Å². The third-order valence-corrected chi connectivity index (χ3v) is 4.56. The monoisotopic (exact) mass is 425 g/mol. The lowest BCUT2D eigenvalue weighted by Gasteiger charge is -2.14. The number of aromatic nitrogens is 3. The zero-order chi connectivity index (χ0) is 21.6. The van der Waals surface area contributed by atoms with Gasteiger partial charge in [0.1, 0.15) is 23.4 Å². The van der Waals surface area contributed by atoms with Crippen LogP contribution in [0.3, 0.4) is 0 Å². The lowest BCUT2D eigenvalue weighted by Crippen LogP contribution is -2.43. The molecular formula is C18H12F5N5O2. The van der Waals surface area contributed by atoms with E-state index in [0.717, 1.165) is 18.2 Å². The average molecular weight is 425 g/mol. The fourth-order valence-corrected chi connectivity index (χ4v) is 3.18. The number of rotatable bonds is 2. The molecule has 0 spiro atoms. The Morgan fingerprint density at radius 1 is 1.23 bits per heavy atom. The molecule has 1 aromatic carbocycles. The topological polar surface area (TPSA) is 88.4 Å². The Morgan fingerprint density at radius 2 is 2.00 bits per heavy atom. The minimum Gasteiger partial charge on any atom is -0.337 e. The van der Waals surface area contributed by atoms with E-state index in [9.17, 15) is 31.5 Å². The Bertz CT molecular complexity index is 1170. The van der Waals surface area contributed by atoms with Crippen molar-refractivity contribution in [1.82, 2.24) is 19.9 Å². The van der Waals surface area contributed by atoms with Gasteiger partial charge in [-0.15, -0.1) is 5.10 Å². The van der Waals surface area contributed by atoms with E-state index in [2.05, 4.69) is 20.7 Å². The average Bonchev–Trinajstić information content (AvgIpc) is 3.04. The first-order valence-electron chi connectivity index (χ1n) is 8.66. The maximum absolute atomic E-state index is 13.9. The fraction of sp³-hybridized carbons (Fsp3) is 0.222. The molecule has 0 saturated heterocycles. The molecule has 2 N–H and O–H groups in total. The summed E-state index contributed by atoms with van der Waals surface area (Å²) in [7, 11) is 0. The largest absolute Gasteiger partial charge is 0.433 e. The van der Waals surface area contributed by atoms with E-state index in [-0.39, 0.29) is 29.7 Å². The Kier molecular flexibility index (Phi) is 4.63. The molecule has 1 atom stereocenters. The van der Waals surface area contributed by atoms with Crippen LogP contribution in [0.15, 0.2) is 30.3 Å². The summed E-state index contributed by atoms with van der Waals surface area (Å²) in [5.74, 6) is -4.07. The maximum atomic E-state index is 13.9. The summed E-state index contributed by atoms with van der Waals surface area (Å²) >= 11 is 0. The normalized spacial score (nSPS) is 16.7. The highest BCUT2D eigenvalue weighted by Crippen LogP contribution is 2.29. The number of aryl methyl sites for hydroxylation is 1. The summed E-state index contributed by atoms with van der Waals surface area (Å²) in [5.41, 5.74) is -1.28. The van der Waals surface area contributed by atoms with Gasteiger partial charge >= 0.3 is 6.18 Å². The van der Waals surface area contributed by atoms with Gasteiger partial charge in [-0.25, -0.2) is 18.3 Å². The third kappa shape index (κ3) is 3.55. The number of amides is 2. The second-order valence-corrected chi connectivity index (χ2v) is 6.59. The predicted molar refractivity (Wildman–Crippen MR) is 92.6 cm³/mol. The van der Waals surface area contributed by atoms with E-state index in [1.54, 1.807) is 0 Å². The van der Waals surface area contributed by atoms with Crippen molar-refractivity contribution in [2.75, 3.05) is 5.32 Å². The number of benzene rings is 1. The molecule has 12 heteroatoms. The first kappa shape index (κ1) is 19.7. The zero-order valence-corrected chi connectivity index (χ0v) is 14.9. The van der Waals surface area contributed by atoms with Gasteiger partial charge in [0.15, 0.2) is 5.65 Å². The molecule has 2 aromatic heterocycles. The van der Waals surface area contributed by atoms with E-state index >= 15 is 0 Å². The second kappa shape index (κ2) is 7.04. The van der Waals surface area contributed by atoms with Crippen molar-refractivity contribution in [3.63, 3.8) is 0 Å². The Morgan fingerprint density at radius 3 is 2.73 bits per heavy atom. The highest BCUT2D eigenvalue weighted by Gasteiger charge is 2.35. The zero-order valence-electron chi connectivity index (χ0n) is 14.9. The molecule has 0 fully saturated rings. The standard InChI is InChI=1S/C18H12F5N5O2/c19-9-6-8-4-5-11(16(29)26-14(8)10(20)7-9)24-17(30)15-25-13-3-1-2-12(18(21,22)23)28(13)27-15/h1-3,6-7,11H,4-5H2,(H,24,30)(H,26,29)/t11-/m0/s1. The summed E-state index contributed by atoms with van der Waals surface area (Å²) in [4.78, 5) is 28.6. The number of hydrogen-bond acceptors (Lipinski definition) is 4. The molecule has 0 saturated carbocycles. The number of hydrogen-bond donors (Lipinski definition) is 2. The van der Waals surface area contributed by atoms with Crippen molar-refractivity contribution < 1.29 is 31.5 Å². The van der Waals surface area contributed by atoms with Gasteiger partial charge in [-0.3, -0.25) is 9.59 Å². The molecule has 0 radical (unpaired) electrons. The van der Waals surface area contributed by atoms with E-state index in [4.69, 9.17) is 0 Å². The number of nitrogens with one attached hydrogen (secondary N) is 2. The Balaban J connectivity index is 1.57. The van der Waals surface area contributed by atoms with Gasteiger partial charge < -0.3 is 10.6 Å². The molecular weight excluding hydrogens is 413 g/mol. The van der Waals surface area contributed by atoms with Crippen LogP contribution < -0.4 is 10.6 Å². The second-order valence-electron chi connectivity index (χ2n) is 6.59. The molecule has 0 aliphatic carbocycles. The molecule has 3 heterocycles. The number of carbonyl (C=O) groups excluding carboxylic acids is 2. The van der Waals surface area contributed by atoms with Crippen LogP contribution in [-0.4, -0.2) is 32.5 Å². The molecule has 1 aliphatic rings. The fourth-order valence-electron chi connectivity index (χ4n) is 3.18. The smallest absolute Gasteiger partial charge is 0.337 e. The van der Waals surface area contributed by atoms with Crippen LogP contribution in [-0.2, 0) is 17.4 Å². The molecule has 0 bridgehead atoms. The van der Waals surface area contributed by atoms with Crippen LogP contribution in [0.1, 0.15) is 28.3 Å². The molecule has 156 valence electrons. The molecule has 4 rings (SSSR count). The van der Waals surface area contributed by atoms with Crippen LogP contribution in [0.4, 0.5) is 27.6 Å². The summed E-state index contributed by atoms with van der Waals surface area (Å²) in [6.45, 7) is 0. The van der Waals surface area contributed by atoms with Crippen molar-refractivity contribution in [3.8, 4) is 0 Å². The summed E-state index contributed by atoms with van der Waals surface area (Å²) in [6.07, 6.45) is -4.63. The van der Waals surface area contributed by atoms with E-state index < -0.39 is 47.2 Å². The van der Waals surface area contributed by atoms with Crippen molar-refractivity contribution in [3.05, 3.63) is 59.0 Å². The SMILES string of the molecule is O=C(N[C@H]1CCc2cc(F)cc(F)c2NC1=O)c1nc2cccc(C(F)(F)F)n2n1. The number of alkyl halides is 3. The Labute approximate surface area is 164 Å². The maximum Gasteiger partial charge on any atom is 0.433 e. The summed E-state index contributed by atoms with van der Waals surface area (Å²) < 4.78 is 67.1. The number of carbonyl (C=O) groups is 2. The first-order valence-corrected chi connectivity index (χ1v) is 8.66. The van der Waals surface area contributed by atoms with Crippen LogP contribution in [0.5, 0.6) is 0 Å². The van der Waals surface area contributed by atoms with Crippen molar-refractivity contribution in [2.24, 2.45) is 0 Å². The number of pyridine rings is 1. The Hall–Kier alpha value is -3.57. The van der Waals surface area contributed by atoms with Crippen molar-refractivity contribution in [2.45, 2.75) is 25.1 Å². The molecule has 0 unspecified atom stereocenters. The van der Waals surface area contributed by atoms with E-state index in [0.29, 0.717) is 10.6 Å². The van der Waals surface area contributed by atoms with Crippen LogP contribution in [0.25, 0.3) is 5.65 Å². The number of anilines is 1. The number of nitrogens with zero attached hydrogens (tertiary/aromatic N) is 3. The molecule has 7 nitrogen and oxygen atoms in total. The number of fused-ring (bicyclic) bond motifs is 2. The highest BCUT2D eigenvalue weighted by molar-refractivity contribution is 6.00. The van der Waals surface area contributed by atoms with Crippen LogP contribution in [0, 0.1) is 11.6 Å². The van der Waals surface area contributed by atoms with E-state index in [1.165, 1.54) is 6.07 Å².